The van der Waals surface area contributed by atoms with E-state index >= 15 is 0 Å². The second-order valence-corrected chi connectivity index (χ2v) is 6.93. The van der Waals surface area contributed by atoms with Crippen LogP contribution >= 0.6 is 27.5 Å². The number of fused-ring (bicyclic) bond motifs is 1. The Bertz CT molecular complexity index is 600. The van der Waals surface area contributed by atoms with Crippen molar-refractivity contribution in [3.8, 4) is 0 Å². The van der Waals surface area contributed by atoms with Gasteiger partial charge in [-0.15, -0.1) is 11.6 Å². The smallest absolute Gasteiger partial charge is 0.125 e. The Morgan fingerprint density at radius 1 is 1.30 bits per heavy atom. The van der Waals surface area contributed by atoms with Crippen LogP contribution in [0, 0.1) is 5.92 Å². The zero-order valence-corrected chi connectivity index (χ0v) is 14.1. The van der Waals surface area contributed by atoms with Crippen molar-refractivity contribution in [3.63, 3.8) is 0 Å². The molecule has 0 radical (unpaired) electrons. The Balaban J connectivity index is 1.99. The lowest BCUT2D eigenvalue weighted by Gasteiger charge is -2.30. The molecule has 1 aliphatic carbocycles. The van der Waals surface area contributed by atoms with Crippen LogP contribution in [0.15, 0.2) is 22.7 Å². The lowest BCUT2D eigenvalue weighted by Crippen LogP contribution is -2.19. The van der Waals surface area contributed by atoms with Crippen LogP contribution in [-0.4, -0.2) is 9.55 Å². The zero-order chi connectivity index (χ0) is 14.1. The summed E-state index contributed by atoms with van der Waals surface area (Å²) in [5, 5.41) is 0. The quantitative estimate of drug-likeness (QED) is 0.648. The Hall–Kier alpha value is -0.540. The van der Waals surface area contributed by atoms with Crippen LogP contribution in [0.25, 0.3) is 11.0 Å². The van der Waals surface area contributed by atoms with Gasteiger partial charge in [0, 0.05) is 10.5 Å². The molecule has 1 saturated carbocycles. The lowest BCUT2D eigenvalue weighted by molar-refractivity contribution is 0.270. The first kappa shape index (κ1) is 14.4. The maximum atomic E-state index is 6.12. The second-order valence-electron chi connectivity index (χ2n) is 5.75. The third-order valence-electron chi connectivity index (χ3n) is 4.60. The fourth-order valence-electron chi connectivity index (χ4n) is 3.43. The van der Waals surface area contributed by atoms with Crippen LogP contribution in [0.4, 0.5) is 0 Å². The molecule has 20 heavy (non-hydrogen) atoms. The minimum absolute atomic E-state index is 0.486. The van der Waals surface area contributed by atoms with Gasteiger partial charge in [-0.25, -0.2) is 4.98 Å². The first-order valence-electron chi connectivity index (χ1n) is 7.45. The number of alkyl halides is 1. The van der Waals surface area contributed by atoms with E-state index in [0.717, 1.165) is 21.7 Å². The summed E-state index contributed by atoms with van der Waals surface area (Å²) in [6.45, 7) is 2.30. The number of hydrogen-bond acceptors (Lipinski definition) is 1. The third kappa shape index (κ3) is 2.62. The van der Waals surface area contributed by atoms with Crippen LogP contribution in [0.2, 0.25) is 0 Å². The average molecular weight is 356 g/mol. The van der Waals surface area contributed by atoms with Gasteiger partial charge in [0.2, 0.25) is 0 Å². The van der Waals surface area contributed by atoms with Crippen LogP contribution in [-0.2, 0) is 5.88 Å². The average Bonchev–Trinajstić information content (AvgIpc) is 2.85. The van der Waals surface area contributed by atoms with Gasteiger partial charge in [0.1, 0.15) is 5.82 Å². The highest BCUT2D eigenvalue weighted by atomic mass is 79.9. The van der Waals surface area contributed by atoms with Crippen molar-refractivity contribution in [2.24, 2.45) is 5.92 Å². The molecular weight excluding hydrogens is 336 g/mol. The molecule has 1 aromatic carbocycles. The highest BCUT2D eigenvalue weighted by Gasteiger charge is 2.24. The van der Waals surface area contributed by atoms with E-state index in [-0.39, 0.29) is 0 Å². The van der Waals surface area contributed by atoms with Crippen molar-refractivity contribution in [2.75, 3.05) is 0 Å². The van der Waals surface area contributed by atoms with Crippen molar-refractivity contribution in [2.45, 2.75) is 50.9 Å². The predicted octanol–water partition coefficient (Wildman–Crippen LogP) is 5.68. The molecule has 4 heteroatoms. The minimum atomic E-state index is 0.486. The van der Waals surface area contributed by atoms with E-state index in [4.69, 9.17) is 16.6 Å². The largest absolute Gasteiger partial charge is 0.324 e. The molecule has 0 spiro atoms. The van der Waals surface area contributed by atoms with Gasteiger partial charge in [-0.1, -0.05) is 29.3 Å². The van der Waals surface area contributed by atoms with E-state index in [1.807, 2.05) is 6.07 Å². The Morgan fingerprint density at radius 2 is 2.05 bits per heavy atom. The number of imidazole rings is 1. The predicted molar refractivity (Wildman–Crippen MR) is 88.3 cm³/mol. The Morgan fingerprint density at radius 3 is 2.70 bits per heavy atom. The molecule has 0 bridgehead atoms. The molecule has 3 rings (SSSR count). The van der Waals surface area contributed by atoms with Crippen molar-refractivity contribution in [1.29, 1.82) is 0 Å². The van der Waals surface area contributed by atoms with Gasteiger partial charge < -0.3 is 4.57 Å². The van der Waals surface area contributed by atoms with Crippen molar-refractivity contribution in [1.82, 2.24) is 9.55 Å². The number of halogens is 2. The van der Waals surface area contributed by atoms with E-state index in [9.17, 15) is 0 Å². The molecule has 2 aromatic rings. The summed E-state index contributed by atoms with van der Waals surface area (Å²) in [4.78, 5) is 4.70. The summed E-state index contributed by atoms with van der Waals surface area (Å²) >= 11 is 9.69. The van der Waals surface area contributed by atoms with E-state index in [1.165, 1.54) is 37.6 Å². The van der Waals surface area contributed by atoms with E-state index in [0.29, 0.717) is 11.9 Å². The maximum absolute atomic E-state index is 6.12. The van der Waals surface area contributed by atoms with E-state index in [1.54, 1.807) is 0 Å². The van der Waals surface area contributed by atoms with Gasteiger partial charge >= 0.3 is 0 Å². The second kappa shape index (κ2) is 6.07. The maximum Gasteiger partial charge on any atom is 0.125 e. The van der Waals surface area contributed by atoms with Gasteiger partial charge in [-0.05, 0) is 49.8 Å². The van der Waals surface area contributed by atoms with Crippen molar-refractivity contribution >= 4 is 38.6 Å². The summed E-state index contributed by atoms with van der Waals surface area (Å²) in [5.74, 6) is 2.41. The highest BCUT2D eigenvalue weighted by Crippen LogP contribution is 2.37. The van der Waals surface area contributed by atoms with Gasteiger partial charge in [0.15, 0.2) is 0 Å². The van der Waals surface area contributed by atoms with Gasteiger partial charge in [-0.3, -0.25) is 0 Å². The fourth-order valence-corrected chi connectivity index (χ4v) is 3.97. The first-order valence-corrected chi connectivity index (χ1v) is 8.78. The molecule has 0 unspecified atom stereocenters. The van der Waals surface area contributed by atoms with Gasteiger partial charge in [-0.2, -0.15) is 0 Å². The molecule has 1 fully saturated rings. The number of benzene rings is 1. The molecule has 0 atom stereocenters. The highest BCUT2D eigenvalue weighted by molar-refractivity contribution is 9.10. The normalized spacial score (nSPS) is 23.4. The first-order chi connectivity index (χ1) is 9.72. The number of hydrogen-bond donors (Lipinski definition) is 0. The fraction of sp³-hybridized carbons (Fsp3) is 0.562. The molecule has 0 amide bonds. The third-order valence-corrected chi connectivity index (χ3v) is 5.34. The van der Waals surface area contributed by atoms with E-state index in [2.05, 4.69) is 39.6 Å². The summed E-state index contributed by atoms with van der Waals surface area (Å²) < 4.78 is 3.49. The molecule has 108 valence electrons. The van der Waals surface area contributed by atoms with Crippen LogP contribution in [0.5, 0.6) is 0 Å². The molecule has 1 aliphatic rings. The molecule has 0 saturated heterocycles. The SMILES string of the molecule is CCC1CCC(n2c(CCl)nc3ccc(Br)cc32)CC1. The van der Waals surface area contributed by atoms with Crippen LogP contribution < -0.4 is 0 Å². The molecule has 0 N–H and O–H groups in total. The molecule has 0 aliphatic heterocycles. The van der Waals surface area contributed by atoms with Gasteiger partial charge in [0.05, 0.1) is 16.9 Å². The summed E-state index contributed by atoms with van der Waals surface area (Å²) in [6.07, 6.45) is 6.47. The minimum Gasteiger partial charge on any atom is -0.324 e. The standard InChI is InChI=1S/C16H20BrClN2/c1-2-11-3-6-13(7-4-11)20-15-9-12(17)5-8-14(15)19-16(20)10-18/h5,8-9,11,13H,2-4,6-7,10H2,1H3. The van der Waals surface area contributed by atoms with Crippen LogP contribution in [0.3, 0.4) is 0 Å². The molecule has 2 nitrogen and oxygen atoms in total. The molecule has 1 aromatic heterocycles. The number of rotatable bonds is 3. The summed E-state index contributed by atoms with van der Waals surface area (Å²) in [5.41, 5.74) is 2.27. The topological polar surface area (TPSA) is 17.8 Å². The Kier molecular flexibility index (Phi) is 4.37. The van der Waals surface area contributed by atoms with Gasteiger partial charge in [0.25, 0.3) is 0 Å². The summed E-state index contributed by atoms with van der Waals surface area (Å²) in [6, 6.07) is 6.85. The van der Waals surface area contributed by atoms with Crippen molar-refractivity contribution < 1.29 is 0 Å². The molecule has 1 heterocycles. The van der Waals surface area contributed by atoms with Crippen molar-refractivity contribution in [3.05, 3.63) is 28.5 Å². The number of aromatic nitrogens is 2. The number of nitrogens with zero attached hydrogens (tertiary/aromatic N) is 2. The summed E-state index contributed by atoms with van der Waals surface area (Å²) in [7, 11) is 0. The zero-order valence-electron chi connectivity index (χ0n) is 11.8. The molecular formula is C16H20BrClN2. The monoisotopic (exact) mass is 354 g/mol. The van der Waals surface area contributed by atoms with Crippen LogP contribution in [0.1, 0.15) is 50.9 Å². The van der Waals surface area contributed by atoms with E-state index < -0.39 is 0 Å². The Labute approximate surface area is 133 Å². The lowest BCUT2D eigenvalue weighted by atomic mass is 9.84.